The fraction of sp³-hybridized carbons (Fsp3) is 0.250. The molecule has 2 aromatic rings. The number of halogens is 2. The smallest absolute Gasteiger partial charge is 0.128 e. The van der Waals surface area contributed by atoms with Gasteiger partial charge in [-0.3, -0.25) is 0 Å². The molecule has 1 aromatic carbocycles. The zero-order valence-corrected chi connectivity index (χ0v) is 10.6. The number of aliphatic hydroxyl groups excluding tert-OH is 1. The van der Waals surface area contributed by atoms with Gasteiger partial charge >= 0.3 is 0 Å². The summed E-state index contributed by atoms with van der Waals surface area (Å²) in [6.45, 7) is 0.0730. The van der Waals surface area contributed by atoms with Gasteiger partial charge < -0.3 is 5.11 Å². The number of aromatic nitrogens is 1. The lowest BCUT2D eigenvalue weighted by atomic mass is 10.1. The first-order valence-electron chi connectivity index (χ1n) is 5.17. The summed E-state index contributed by atoms with van der Waals surface area (Å²) in [5.41, 5.74) is 1.30. The maximum Gasteiger partial charge on any atom is 0.128 e. The Kier molecular flexibility index (Phi) is 4.10. The van der Waals surface area contributed by atoms with Gasteiger partial charge in [0.05, 0.1) is 10.7 Å². The van der Waals surface area contributed by atoms with E-state index in [0.717, 1.165) is 10.7 Å². The number of thiazole rings is 1. The van der Waals surface area contributed by atoms with Crippen molar-refractivity contribution in [2.24, 2.45) is 0 Å². The molecular formula is C12H11ClFNOS. The summed E-state index contributed by atoms with van der Waals surface area (Å²) in [6.07, 6.45) is 0.920. The van der Waals surface area contributed by atoms with Gasteiger partial charge in [0.15, 0.2) is 0 Å². The van der Waals surface area contributed by atoms with E-state index in [1.165, 1.54) is 17.4 Å². The molecule has 0 aliphatic rings. The molecular weight excluding hydrogens is 261 g/mol. The monoisotopic (exact) mass is 271 g/mol. The predicted octanol–water partition coefficient (Wildman–Crippen LogP) is 3.06. The van der Waals surface area contributed by atoms with Crippen LogP contribution in [0.1, 0.15) is 16.3 Å². The predicted molar refractivity (Wildman–Crippen MR) is 67.1 cm³/mol. The van der Waals surface area contributed by atoms with Crippen LogP contribution in [0.15, 0.2) is 23.6 Å². The zero-order chi connectivity index (χ0) is 12.3. The molecule has 0 atom stereocenters. The van der Waals surface area contributed by atoms with Crippen LogP contribution in [0.25, 0.3) is 0 Å². The Bertz CT molecular complexity index is 495. The second-order valence-electron chi connectivity index (χ2n) is 3.58. The van der Waals surface area contributed by atoms with Gasteiger partial charge in [-0.2, -0.15) is 0 Å². The third-order valence-corrected chi connectivity index (χ3v) is 3.61. The number of hydrogen-bond acceptors (Lipinski definition) is 3. The van der Waals surface area contributed by atoms with Gasteiger partial charge in [0.1, 0.15) is 5.82 Å². The highest BCUT2D eigenvalue weighted by atomic mass is 35.5. The van der Waals surface area contributed by atoms with Gasteiger partial charge in [0.25, 0.3) is 0 Å². The van der Waals surface area contributed by atoms with Crippen LogP contribution in [-0.4, -0.2) is 16.7 Å². The summed E-state index contributed by atoms with van der Waals surface area (Å²) in [4.78, 5) is 4.31. The fourth-order valence-electron chi connectivity index (χ4n) is 1.51. The molecule has 0 fully saturated rings. The van der Waals surface area contributed by atoms with Gasteiger partial charge in [-0.25, -0.2) is 9.37 Å². The molecule has 5 heteroatoms. The molecule has 1 N–H and O–H groups in total. The summed E-state index contributed by atoms with van der Waals surface area (Å²) in [5, 5.41) is 11.9. The summed E-state index contributed by atoms with van der Waals surface area (Å²) in [5.74, 6) is -0.309. The van der Waals surface area contributed by atoms with Crippen LogP contribution in [0, 0.1) is 5.82 Å². The Labute approximate surface area is 108 Å². The normalized spacial score (nSPS) is 10.8. The van der Waals surface area contributed by atoms with Crippen molar-refractivity contribution in [3.63, 3.8) is 0 Å². The average Bonchev–Trinajstić information content (AvgIpc) is 2.72. The SMILES string of the molecule is OCCc1csc(Cc2c(F)cccc2Cl)n1. The van der Waals surface area contributed by atoms with Crippen LogP contribution in [0.4, 0.5) is 4.39 Å². The number of hydrogen-bond donors (Lipinski definition) is 1. The Morgan fingerprint density at radius 2 is 2.24 bits per heavy atom. The molecule has 0 saturated carbocycles. The first-order valence-corrected chi connectivity index (χ1v) is 6.43. The third-order valence-electron chi connectivity index (χ3n) is 2.36. The van der Waals surface area contributed by atoms with E-state index < -0.39 is 0 Å². The van der Waals surface area contributed by atoms with Crippen LogP contribution < -0.4 is 0 Å². The Morgan fingerprint density at radius 3 is 2.94 bits per heavy atom. The van der Waals surface area contributed by atoms with Crippen molar-refractivity contribution in [2.75, 3.05) is 6.61 Å². The molecule has 0 unspecified atom stereocenters. The van der Waals surface area contributed by atoms with Crippen molar-refractivity contribution in [3.8, 4) is 0 Å². The molecule has 0 saturated heterocycles. The Morgan fingerprint density at radius 1 is 1.41 bits per heavy atom. The summed E-state index contributed by atoms with van der Waals surface area (Å²) >= 11 is 7.40. The van der Waals surface area contributed by atoms with E-state index in [1.807, 2.05) is 5.38 Å². The number of nitrogens with zero attached hydrogens (tertiary/aromatic N) is 1. The Hall–Kier alpha value is -0.970. The second kappa shape index (κ2) is 5.58. The zero-order valence-electron chi connectivity index (χ0n) is 8.99. The minimum atomic E-state index is -0.309. The average molecular weight is 272 g/mol. The van der Waals surface area contributed by atoms with Crippen LogP contribution in [0.3, 0.4) is 0 Å². The Balaban J connectivity index is 2.19. The molecule has 0 amide bonds. The quantitative estimate of drug-likeness (QED) is 0.927. The van der Waals surface area contributed by atoms with E-state index in [9.17, 15) is 4.39 Å². The van der Waals surface area contributed by atoms with Crippen molar-refractivity contribution in [3.05, 3.63) is 50.7 Å². The first kappa shape index (κ1) is 12.5. The topological polar surface area (TPSA) is 33.1 Å². The van der Waals surface area contributed by atoms with E-state index in [1.54, 1.807) is 12.1 Å². The molecule has 0 aliphatic heterocycles. The van der Waals surface area contributed by atoms with Crippen LogP contribution in [0.5, 0.6) is 0 Å². The van der Waals surface area contributed by atoms with Gasteiger partial charge in [0.2, 0.25) is 0 Å². The molecule has 1 aromatic heterocycles. The highest BCUT2D eigenvalue weighted by Crippen LogP contribution is 2.23. The summed E-state index contributed by atoms with van der Waals surface area (Å²) in [7, 11) is 0. The van der Waals surface area contributed by atoms with E-state index in [4.69, 9.17) is 16.7 Å². The van der Waals surface area contributed by atoms with E-state index in [2.05, 4.69) is 4.98 Å². The molecule has 17 heavy (non-hydrogen) atoms. The van der Waals surface area contributed by atoms with E-state index in [0.29, 0.717) is 23.4 Å². The maximum atomic E-state index is 13.5. The molecule has 0 aliphatic carbocycles. The van der Waals surface area contributed by atoms with Crippen molar-refractivity contribution in [1.29, 1.82) is 0 Å². The van der Waals surface area contributed by atoms with Gasteiger partial charge in [-0.05, 0) is 12.1 Å². The summed E-state index contributed by atoms with van der Waals surface area (Å²) in [6, 6.07) is 4.64. The first-order chi connectivity index (χ1) is 8.20. The maximum absolute atomic E-state index is 13.5. The van der Waals surface area contributed by atoms with Crippen LogP contribution in [0.2, 0.25) is 5.02 Å². The molecule has 0 spiro atoms. The van der Waals surface area contributed by atoms with Crippen molar-refractivity contribution < 1.29 is 9.50 Å². The van der Waals surface area contributed by atoms with Gasteiger partial charge in [0, 0.05) is 35.4 Å². The van der Waals surface area contributed by atoms with Crippen molar-refractivity contribution in [2.45, 2.75) is 12.8 Å². The van der Waals surface area contributed by atoms with Gasteiger partial charge in [-0.1, -0.05) is 17.7 Å². The third kappa shape index (κ3) is 3.03. The minimum absolute atomic E-state index is 0.0730. The minimum Gasteiger partial charge on any atom is -0.396 e. The largest absolute Gasteiger partial charge is 0.396 e. The number of rotatable bonds is 4. The van der Waals surface area contributed by atoms with Gasteiger partial charge in [-0.15, -0.1) is 11.3 Å². The molecule has 1 heterocycles. The fourth-order valence-corrected chi connectivity index (χ4v) is 2.58. The lowest BCUT2D eigenvalue weighted by Crippen LogP contribution is -1.95. The summed E-state index contributed by atoms with van der Waals surface area (Å²) < 4.78 is 13.5. The number of aliphatic hydroxyl groups is 1. The highest BCUT2D eigenvalue weighted by molar-refractivity contribution is 7.09. The van der Waals surface area contributed by atoms with Crippen molar-refractivity contribution in [1.82, 2.24) is 4.98 Å². The molecule has 0 bridgehead atoms. The van der Waals surface area contributed by atoms with E-state index in [-0.39, 0.29) is 12.4 Å². The number of benzene rings is 1. The van der Waals surface area contributed by atoms with Crippen LogP contribution in [-0.2, 0) is 12.8 Å². The standard InChI is InChI=1S/C12H11ClFNOS/c13-10-2-1-3-11(14)9(10)6-12-15-8(4-5-16)7-17-12/h1-3,7,16H,4-6H2. The molecule has 2 nitrogen and oxygen atoms in total. The lowest BCUT2D eigenvalue weighted by Gasteiger charge is -2.02. The lowest BCUT2D eigenvalue weighted by molar-refractivity contribution is 0.298. The highest BCUT2D eigenvalue weighted by Gasteiger charge is 2.10. The van der Waals surface area contributed by atoms with E-state index >= 15 is 0 Å². The van der Waals surface area contributed by atoms with Crippen molar-refractivity contribution >= 4 is 22.9 Å². The molecule has 90 valence electrons. The van der Waals surface area contributed by atoms with Crippen LogP contribution >= 0.6 is 22.9 Å². The molecule has 2 rings (SSSR count). The molecule has 0 radical (unpaired) electrons. The second-order valence-corrected chi connectivity index (χ2v) is 4.93.